The first-order chi connectivity index (χ1) is 10.5. The van der Waals surface area contributed by atoms with Gasteiger partial charge in [-0.3, -0.25) is 0 Å². The lowest BCUT2D eigenvalue weighted by atomic mass is 10.0. The van der Waals surface area contributed by atoms with E-state index in [1.54, 1.807) is 18.3 Å². The van der Waals surface area contributed by atoms with Crippen molar-refractivity contribution in [1.82, 2.24) is 9.97 Å². The Morgan fingerprint density at radius 3 is 2.41 bits per heavy atom. The fourth-order valence-electron chi connectivity index (χ4n) is 2.17. The minimum atomic E-state index is -4.67. The van der Waals surface area contributed by atoms with Gasteiger partial charge < -0.3 is 4.74 Å². The number of hydrogen-bond donors (Lipinski definition) is 0. The van der Waals surface area contributed by atoms with Crippen LogP contribution in [-0.4, -0.2) is 16.3 Å². The van der Waals surface area contributed by atoms with Gasteiger partial charge in [0.05, 0.1) is 5.52 Å². The van der Waals surface area contributed by atoms with Crippen LogP contribution in [0.5, 0.6) is 5.75 Å². The van der Waals surface area contributed by atoms with E-state index in [1.807, 2.05) is 18.2 Å². The Morgan fingerprint density at radius 2 is 1.68 bits per heavy atom. The van der Waals surface area contributed by atoms with Crippen molar-refractivity contribution in [3.05, 3.63) is 66.1 Å². The Bertz CT molecular complexity index is 785. The summed E-state index contributed by atoms with van der Waals surface area (Å²) in [4.78, 5) is 8.13. The molecule has 0 aliphatic carbocycles. The van der Waals surface area contributed by atoms with Crippen LogP contribution in [-0.2, 0) is 6.42 Å². The van der Waals surface area contributed by atoms with Gasteiger partial charge in [0.25, 0.3) is 0 Å². The van der Waals surface area contributed by atoms with Gasteiger partial charge in [-0.2, -0.15) is 0 Å². The van der Waals surface area contributed by atoms with E-state index in [2.05, 4.69) is 14.7 Å². The highest BCUT2D eigenvalue weighted by Crippen LogP contribution is 2.23. The second-order valence-electron chi connectivity index (χ2n) is 4.78. The van der Waals surface area contributed by atoms with Gasteiger partial charge in [0.15, 0.2) is 0 Å². The average molecular weight is 304 g/mol. The van der Waals surface area contributed by atoms with Crippen molar-refractivity contribution in [2.45, 2.75) is 12.8 Å². The predicted molar refractivity (Wildman–Crippen MR) is 75.5 cm³/mol. The quantitative estimate of drug-likeness (QED) is 0.730. The molecule has 2 aromatic carbocycles. The van der Waals surface area contributed by atoms with Gasteiger partial charge in [0.1, 0.15) is 12.1 Å². The van der Waals surface area contributed by atoms with Crippen molar-refractivity contribution in [3.63, 3.8) is 0 Å². The van der Waals surface area contributed by atoms with E-state index < -0.39 is 6.36 Å². The zero-order valence-electron chi connectivity index (χ0n) is 11.3. The third-order valence-corrected chi connectivity index (χ3v) is 3.14. The summed E-state index contributed by atoms with van der Waals surface area (Å²) in [7, 11) is 0. The second kappa shape index (κ2) is 5.63. The molecule has 0 aliphatic heterocycles. The molecule has 6 heteroatoms. The molecule has 0 fully saturated rings. The Kier molecular flexibility index (Phi) is 3.66. The minimum absolute atomic E-state index is 0.220. The van der Waals surface area contributed by atoms with Crippen molar-refractivity contribution in [2.75, 3.05) is 0 Å². The Balaban J connectivity index is 1.77. The topological polar surface area (TPSA) is 35.0 Å². The number of hydrogen-bond acceptors (Lipinski definition) is 3. The van der Waals surface area contributed by atoms with Gasteiger partial charge in [-0.25, -0.2) is 9.97 Å². The highest BCUT2D eigenvalue weighted by atomic mass is 19.4. The van der Waals surface area contributed by atoms with E-state index in [4.69, 9.17) is 0 Å². The van der Waals surface area contributed by atoms with Crippen LogP contribution < -0.4 is 4.74 Å². The lowest BCUT2D eigenvalue weighted by Gasteiger charge is -2.09. The molecule has 3 rings (SSSR count). The third kappa shape index (κ3) is 3.52. The number of halogens is 3. The van der Waals surface area contributed by atoms with Gasteiger partial charge in [-0.05, 0) is 35.7 Å². The van der Waals surface area contributed by atoms with Crippen molar-refractivity contribution < 1.29 is 17.9 Å². The molecule has 0 saturated heterocycles. The van der Waals surface area contributed by atoms with Gasteiger partial charge in [-0.15, -0.1) is 13.2 Å². The fraction of sp³-hybridized carbons (Fsp3) is 0.125. The van der Waals surface area contributed by atoms with Gasteiger partial charge in [0.2, 0.25) is 0 Å². The molecule has 0 unspecified atom stereocenters. The SMILES string of the molecule is FC(F)(F)Oc1ccc(Cc2ccc3cncnc3c2)cc1. The lowest BCUT2D eigenvalue weighted by Crippen LogP contribution is -2.17. The third-order valence-electron chi connectivity index (χ3n) is 3.14. The molecule has 1 aromatic heterocycles. The van der Waals surface area contributed by atoms with Crippen LogP contribution in [0.4, 0.5) is 13.2 Å². The Labute approximate surface area is 124 Å². The molecule has 22 heavy (non-hydrogen) atoms. The van der Waals surface area contributed by atoms with Crippen LogP contribution in [0.3, 0.4) is 0 Å². The molecule has 0 N–H and O–H groups in total. The first-order valence-electron chi connectivity index (χ1n) is 6.53. The standard InChI is InChI=1S/C16H11F3N2O/c17-16(18,19)22-14-5-2-11(3-6-14)7-12-1-4-13-9-20-10-21-15(13)8-12/h1-6,8-10H,7H2. The van der Waals surface area contributed by atoms with Crippen LogP contribution in [0.25, 0.3) is 10.9 Å². The maximum absolute atomic E-state index is 12.1. The van der Waals surface area contributed by atoms with Crippen molar-refractivity contribution in [3.8, 4) is 5.75 Å². The van der Waals surface area contributed by atoms with Crippen molar-refractivity contribution in [2.24, 2.45) is 0 Å². The number of benzene rings is 2. The number of ether oxygens (including phenoxy) is 1. The first-order valence-corrected chi connectivity index (χ1v) is 6.53. The van der Waals surface area contributed by atoms with Crippen molar-refractivity contribution >= 4 is 10.9 Å². The highest BCUT2D eigenvalue weighted by Gasteiger charge is 2.30. The van der Waals surface area contributed by atoms with Crippen LogP contribution in [0.2, 0.25) is 0 Å². The van der Waals surface area contributed by atoms with Crippen LogP contribution in [0.15, 0.2) is 55.0 Å². The molecule has 3 aromatic rings. The number of aromatic nitrogens is 2. The number of nitrogens with zero attached hydrogens (tertiary/aromatic N) is 2. The molecule has 0 aliphatic rings. The van der Waals surface area contributed by atoms with E-state index in [0.717, 1.165) is 22.0 Å². The first kappa shape index (κ1) is 14.3. The van der Waals surface area contributed by atoms with Gasteiger partial charge >= 0.3 is 6.36 Å². The molecule has 0 amide bonds. The molecule has 0 atom stereocenters. The van der Waals surface area contributed by atoms with E-state index >= 15 is 0 Å². The largest absolute Gasteiger partial charge is 0.573 e. The molecule has 1 heterocycles. The van der Waals surface area contributed by atoms with E-state index in [1.165, 1.54) is 18.5 Å². The van der Waals surface area contributed by atoms with E-state index in [9.17, 15) is 13.2 Å². The average Bonchev–Trinajstić information content (AvgIpc) is 2.48. The number of alkyl halides is 3. The molecular weight excluding hydrogens is 293 g/mol. The number of fused-ring (bicyclic) bond motifs is 1. The van der Waals surface area contributed by atoms with Crippen LogP contribution in [0, 0.1) is 0 Å². The maximum atomic E-state index is 12.1. The molecule has 3 nitrogen and oxygen atoms in total. The van der Waals surface area contributed by atoms with E-state index in [-0.39, 0.29) is 5.75 Å². The van der Waals surface area contributed by atoms with Crippen LogP contribution in [0.1, 0.15) is 11.1 Å². The summed E-state index contributed by atoms with van der Waals surface area (Å²) in [5.41, 5.74) is 2.75. The molecule has 0 spiro atoms. The summed E-state index contributed by atoms with van der Waals surface area (Å²) in [6, 6.07) is 11.7. The van der Waals surface area contributed by atoms with Crippen LogP contribution >= 0.6 is 0 Å². The Morgan fingerprint density at radius 1 is 0.955 bits per heavy atom. The Hall–Kier alpha value is -2.63. The zero-order valence-corrected chi connectivity index (χ0v) is 11.3. The summed E-state index contributed by atoms with van der Waals surface area (Å²) in [5.74, 6) is -0.220. The summed E-state index contributed by atoms with van der Waals surface area (Å²) >= 11 is 0. The normalized spacial score (nSPS) is 11.6. The predicted octanol–water partition coefficient (Wildman–Crippen LogP) is 4.12. The van der Waals surface area contributed by atoms with E-state index in [0.29, 0.717) is 6.42 Å². The summed E-state index contributed by atoms with van der Waals surface area (Å²) < 4.78 is 40.2. The maximum Gasteiger partial charge on any atom is 0.573 e. The lowest BCUT2D eigenvalue weighted by molar-refractivity contribution is -0.274. The monoisotopic (exact) mass is 304 g/mol. The van der Waals surface area contributed by atoms with Gasteiger partial charge in [-0.1, -0.05) is 24.3 Å². The summed E-state index contributed by atoms with van der Waals surface area (Å²) in [6.07, 6.45) is -0.851. The summed E-state index contributed by atoms with van der Waals surface area (Å²) in [5, 5.41) is 0.945. The molecule has 0 saturated carbocycles. The van der Waals surface area contributed by atoms with Gasteiger partial charge in [0, 0.05) is 11.6 Å². The molecule has 112 valence electrons. The second-order valence-corrected chi connectivity index (χ2v) is 4.78. The smallest absolute Gasteiger partial charge is 0.406 e. The zero-order chi connectivity index (χ0) is 15.6. The minimum Gasteiger partial charge on any atom is -0.406 e. The summed E-state index contributed by atoms with van der Waals surface area (Å²) in [6.45, 7) is 0. The fourth-order valence-corrected chi connectivity index (χ4v) is 2.17. The molecular formula is C16H11F3N2O. The molecule has 0 bridgehead atoms. The van der Waals surface area contributed by atoms with Crippen molar-refractivity contribution in [1.29, 1.82) is 0 Å². The highest BCUT2D eigenvalue weighted by molar-refractivity contribution is 5.78. The molecule has 0 radical (unpaired) electrons. The number of rotatable bonds is 3.